The van der Waals surface area contributed by atoms with Gasteiger partial charge in [0.05, 0.1) is 17.5 Å². The molecule has 8 nitrogen and oxygen atoms in total. The highest BCUT2D eigenvalue weighted by molar-refractivity contribution is 6.25. The number of anilines is 2. The van der Waals surface area contributed by atoms with Gasteiger partial charge in [0, 0.05) is 23.7 Å². The maximum absolute atomic E-state index is 14.2. The van der Waals surface area contributed by atoms with Crippen LogP contribution < -0.4 is 21.3 Å². The number of aryl methyl sites for hydroxylation is 1. The summed E-state index contributed by atoms with van der Waals surface area (Å²) in [6.07, 6.45) is 2.72. The number of hydrogen-bond donors (Lipinski definition) is 3. The molecule has 2 saturated heterocycles. The van der Waals surface area contributed by atoms with Gasteiger partial charge >= 0.3 is 0 Å². The number of primary amides is 1. The Hall–Kier alpha value is -3.59. The van der Waals surface area contributed by atoms with E-state index in [1.54, 1.807) is 12.1 Å². The zero-order valence-corrected chi connectivity index (χ0v) is 18.6. The number of amides is 4. The average molecular weight is 464 g/mol. The van der Waals surface area contributed by atoms with Gasteiger partial charge in [-0.2, -0.15) is 0 Å². The van der Waals surface area contributed by atoms with Gasteiger partial charge in [-0.15, -0.1) is 0 Å². The van der Waals surface area contributed by atoms with Crippen LogP contribution in [0.15, 0.2) is 42.5 Å². The van der Waals surface area contributed by atoms with Crippen molar-refractivity contribution < 1.29 is 23.6 Å². The van der Waals surface area contributed by atoms with Crippen LogP contribution in [0.4, 0.5) is 15.8 Å². The Morgan fingerprint density at radius 3 is 2.53 bits per heavy atom. The maximum Gasteiger partial charge on any atom is 0.250 e. The van der Waals surface area contributed by atoms with Crippen LogP contribution in [0.5, 0.6) is 0 Å². The summed E-state index contributed by atoms with van der Waals surface area (Å²) in [7, 11) is 0. The van der Waals surface area contributed by atoms with E-state index in [0.717, 1.165) is 29.7 Å². The largest absolute Gasteiger partial charge is 0.370 e. The molecule has 0 bridgehead atoms. The number of nitrogens with two attached hydrogens (primary N) is 1. The summed E-state index contributed by atoms with van der Waals surface area (Å²) in [6, 6.07) is 10.1. The smallest absolute Gasteiger partial charge is 0.250 e. The number of fused-ring (bicyclic) bond motifs is 4. The lowest BCUT2D eigenvalue weighted by molar-refractivity contribution is -0.130. The molecule has 0 aliphatic carbocycles. The first-order valence-corrected chi connectivity index (χ1v) is 11.4. The number of benzene rings is 2. The molecule has 3 aliphatic heterocycles. The predicted molar refractivity (Wildman–Crippen MR) is 122 cm³/mol. The lowest BCUT2D eigenvalue weighted by atomic mass is 9.76. The first-order chi connectivity index (χ1) is 16.3. The molecule has 0 radical (unpaired) electrons. The van der Waals surface area contributed by atoms with Crippen molar-refractivity contribution in [2.75, 3.05) is 10.2 Å². The van der Waals surface area contributed by atoms with E-state index in [1.165, 1.54) is 18.2 Å². The molecule has 0 saturated carbocycles. The minimum absolute atomic E-state index is 0.246. The van der Waals surface area contributed by atoms with E-state index in [-0.39, 0.29) is 12.0 Å². The second-order valence-corrected chi connectivity index (χ2v) is 9.16. The topological polar surface area (TPSA) is 122 Å². The highest BCUT2D eigenvalue weighted by Crippen LogP contribution is 2.54. The van der Waals surface area contributed by atoms with Gasteiger partial charge in [0.25, 0.3) is 0 Å². The molecule has 176 valence electrons. The van der Waals surface area contributed by atoms with E-state index in [1.807, 2.05) is 12.1 Å². The second kappa shape index (κ2) is 8.02. The van der Waals surface area contributed by atoms with Gasteiger partial charge in [-0.05, 0) is 48.7 Å². The lowest BCUT2D eigenvalue weighted by Crippen LogP contribution is -2.53. The number of hydrogen-bond acceptors (Lipinski definition) is 5. The van der Waals surface area contributed by atoms with Crippen molar-refractivity contribution in [1.82, 2.24) is 5.32 Å². The van der Waals surface area contributed by atoms with Crippen LogP contribution >= 0.6 is 0 Å². The maximum atomic E-state index is 14.2. The molecular weight excluding hydrogens is 439 g/mol. The Bertz CT molecular complexity index is 1210. The Balaban J connectivity index is 1.59. The molecule has 5 rings (SSSR count). The summed E-state index contributed by atoms with van der Waals surface area (Å²) in [6.45, 7) is 2.10. The van der Waals surface area contributed by atoms with Crippen molar-refractivity contribution in [2.24, 2.45) is 17.6 Å². The SMILES string of the molecule is CCCCc1ccc(N2C(=O)[C@H]3[C@@H](C2=O)[C@]2(N[C@@H]3CC(N)=O)C(=O)Nc3ccc(F)cc32)cc1. The van der Waals surface area contributed by atoms with E-state index < -0.39 is 52.9 Å². The minimum atomic E-state index is -1.68. The van der Waals surface area contributed by atoms with Crippen molar-refractivity contribution in [3.63, 3.8) is 0 Å². The van der Waals surface area contributed by atoms with Gasteiger partial charge in [0.1, 0.15) is 11.4 Å². The summed E-state index contributed by atoms with van der Waals surface area (Å²) < 4.78 is 14.2. The lowest BCUT2D eigenvalue weighted by Gasteiger charge is -2.29. The molecular formula is C25H25FN4O4. The van der Waals surface area contributed by atoms with E-state index >= 15 is 0 Å². The molecule has 1 spiro atoms. The number of unbranched alkanes of at least 4 members (excludes halogenated alkanes) is 1. The van der Waals surface area contributed by atoms with Crippen LogP contribution in [-0.2, 0) is 31.1 Å². The number of halogens is 1. The molecule has 2 aromatic rings. The molecule has 3 heterocycles. The second-order valence-electron chi connectivity index (χ2n) is 9.16. The van der Waals surface area contributed by atoms with Gasteiger partial charge in [0.15, 0.2) is 0 Å². The molecule has 2 aromatic carbocycles. The van der Waals surface area contributed by atoms with Gasteiger partial charge in [0.2, 0.25) is 23.6 Å². The third-order valence-corrected chi connectivity index (χ3v) is 7.11. The highest BCUT2D eigenvalue weighted by atomic mass is 19.1. The first kappa shape index (κ1) is 22.2. The molecule has 2 fully saturated rings. The Morgan fingerprint density at radius 1 is 1.12 bits per heavy atom. The van der Waals surface area contributed by atoms with Crippen molar-refractivity contribution in [3.05, 3.63) is 59.4 Å². The fraction of sp³-hybridized carbons (Fsp3) is 0.360. The van der Waals surface area contributed by atoms with Crippen LogP contribution in [0.3, 0.4) is 0 Å². The van der Waals surface area contributed by atoms with Gasteiger partial charge < -0.3 is 11.1 Å². The summed E-state index contributed by atoms with van der Waals surface area (Å²) in [5, 5.41) is 5.74. The summed E-state index contributed by atoms with van der Waals surface area (Å²) in [4.78, 5) is 53.5. The van der Waals surface area contributed by atoms with Crippen molar-refractivity contribution in [1.29, 1.82) is 0 Å². The minimum Gasteiger partial charge on any atom is -0.370 e. The fourth-order valence-corrected chi connectivity index (χ4v) is 5.61. The number of rotatable bonds is 6. The van der Waals surface area contributed by atoms with E-state index in [4.69, 9.17) is 5.73 Å². The number of carbonyl (C=O) groups excluding carboxylic acids is 4. The number of nitrogens with one attached hydrogen (secondary N) is 2. The van der Waals surface area contributed by atoms with Crippen LogP contribution in [0, 0.1) is 17.7 Å². The van der Waals surface area contributed by atoms with E-state index in [2.05, 4.69) is 17.6 Å². The summed E-state index contributed by atoms with van der Waals surface area (Å²) >= 11 is 0. The number of nitrogens with zero attached hydrogens (tertiary/aromatic N) is 1. The van der Waals surface area contributed by atoms with Gasteiger partial charge in [-0.1, -0.05) is 25.5 Å². The zero-order chi connectivity index (χ0) is 24.2. The average Bonchev–Trinajstić information content (AvgIpc) is 3.37. The van der Waals surface area contributed by atoms with Crippen LogP contribution in [0.25, 0.3) is 0 Å². The zero-order valence-electron chi connectivity index (χ0n) is 18.6. The summed E-state index contributed by atoms with van der Waals surface area (Å²) in [5.41, 5.74) is 5.85. The van der Waals surface area contributed by atoms with Crippen molar-refractivity contribution in [3.8, 4) is 0 Å². The molecule has 0 unspecified atom stereocenters. The standard InChI is InChI=1S/C25H25FN4O4/c1-2-3-4-13-5-8-15(9-6-13)30-22(32)20-18(12-19(27)31)29-25(21(20)23(30)33)16-11-14(26)7-10-17(16)28-24(25)34/h5-11,18,20-21,29H,2-4,12H2,1H3,(H2,27,31)(H,28,34)/t18-,20-,21+,25+/m1/s1. The molecule has 4 atom stereocenters. The Labute approximate surface area is 195 Å². The summed E-state index contributed by atoms with van der Waals surface area (Å²) in [5.74, 6) is -5.04. The van der Waals surface area contributed by atoms with Crippen LogP contribution in [0.1, 0.15) is 37.3 Å². The van der Waals surface area contributed by atoms with Crippen LogP contribution in [0.2, 0.25) is 0 Å². The highest BCUT2D eigenvalue weighted by Gasteiger charge is 2.70. The molecule has 4 N–H and O–H groups in total. The molecule has 4 amide bonds. The van der Waals surface area contributed by atoms with E-state index in [0.29, 0.717) is 11.4 Å². The Kier molecular flexibility index (Phi) is 5.24. The van der Waals surface area contributed by atoms with E-state index in [9.17, 15) is 23.6 Å². The third-order valence-electron chi connectivity index (χ3n) is 7.11. The van der Waals surface area contributed by atoms with Gasteiger partial charge in [-0.3, -0.25) is 24.5 Å². The number of carbonyl (C=O) groups is 4. The molecule has 9 heteroatoms. The number of imide groups is 1. The van der Waals surface area contributed by atoms with Gasteiger partial charge in [-0.25, -0.2) is 9.29 Å². The predicted octanol–water partition coefficient (Wildman–Crippen LogP) is 1.97. The van der Waals surface area contributed by atoms with Crippen LogP contribution in [-0.4, -0.2) is 29.7 Å². The molecule has 34 heavy (non-hydrogen) atoms. The van der Waals surface area contributed by atoms with Crippen molar-refractivity contribution >= 4 is 35.0 Å². The van der Waals surface area contributed by atoms with Crippen molar-refractivity contribution in [2.45, 2.75) is 44.2 Å². The molecule has 0 aromatic heterocycles. The normalized spacial score (nSPS) is 27.3. The molecule has 3 aliphatic rings. The first-order valence-electron chi connectivity index (χ1n) is 11.4. The monoisotopic (exact) mass is 464 g/mol. The fourth-order valence-electron chi connectivity index (χ4n) is 5.61. The third kappa shape index (κ3) is 3.14. The quantitative estimate of drug-likeness (QED) is 0.565. The Morgan fingerprint density at radius 2 is 1.85 bits per heavy atom.